The molecule has 0 heterocycles. The summed E-state index contributed by atoms with van der Waals surface area (Å²) in [5, 5.41) is 0. The van der Waals surface area contributed by atoms with Crippen LogP contribution in [-0.4, -0.2) is 0 Å². The molecule has 0 saturated heterocycles. The van der Waals surface area contributed by atoms with Gasteiger partial charge >= 0.3 is 0 Å². The average molecular weight is 55.1 g/mol. The molecule has 0 atom stereocenters. The van der Waals surface area contributed by atoms with Crippen molar-refractivity contribution in [2.75, 3.05) is 0 Å². The van der Waals surface area contributed by atoms with Crippen molar-refractivity contribution in [2.24, 2.45) is 11.8 Å². The van der Waals surface area contributed by atoms with Crippen LogP contribution in [0.5, 0.6) is 0 Å². The summed E-state index contributed by atoms with van der Waals surface area (Å²) < 4.78 is 7.12. The van der Waals surface area contributed by atoms with E-state index in [1.54, 1.807) is 0 Å². The zero-order valence-electron chi connectivity index (χ0n) is 3.49. The molecule has 0 unspecified atom stereocenters. The molecule has 0 bridgehead atoms. The summed E-state index contributed by atoms with van der Waals surface area (Å²) in [7, 11) is 0. The van der Waals surface area contributed by atoms with Crippen molar-refractivity contribution in [3.05, 3.63) is 0 Å². The molecular formula is C4H6. The summed E-state index contributed by atoms with van der Waals surface area (Å²) in [5.41, 5.74) is 0. The number of hydrogen-bond acceptors (Lipinski definition) is 0. The first kappa shape index (κ1) is 1.00. The van der Waals surface area contributed by atoms with Crippen LogP contribution in [0, 0.1) is 11.8 Å². The molecule has 0 aromatic rings. The second-order valence-corrected chi connectivity index (χ2v) is 1.76. The fourth-order valence-electron chi connectivity index (χ4n) is 0.455. The van der Waals surface area contributed by atoms with E-state index in [0.29, 0.717) is 0 Å². The molecule has 0 aliphatic heterocycles. The van der Waals surface area contributed by atoms with Gasteiger partial charge in [0.25, 0.3) is 0 Å². The normalized spacial score (nSPS) is 88.0. The van der Waals surface area contributed by atoms with E-state index in [1.807, 2.05) is 0 Å². The Hall–Kier alpha value is 0. The lowest BCUT2D eigenvalue weighted by Gasteiger charge is -1.60. The Morgan fingerprint density at radius 2 is 2.00 bits per heavy atom. The van der Waals surface area contributed by atoms with Crippen molar-refractivity contribution in [2.45, 2.75) is 12.8 Å². The highest BCUT2D eigenvalue weighted by Crippen LogP contribution is 2.62. The first-order chi connectivity index (χ1) is 2.31. The van der Waals surface area contributed by atoms with Gasteiger partial charge in [-0.05, 0) is 24.7 Å². The van der Waals surface area contributed by atoms with E-state index < -0.39 is 0 Å². The average Bonchev–Trinajstić information content (AvgIpc) is 1.74. The van der Waals surface area contributed by atoms with Crippen LogP contribution in [0.4, 0.5) is 0 Å². The second-order valence-electron chi connectivity index (χ2n) is 1.76. The molecule has 0 radical (unpaired) electrons. The minimum absolute atomic E-state index is 0.167. The van der Waals surface area contributed by atoms with Crippen molar-refractivity contribution in [3.63, 3.8) is 0 Å². The lowest BCUT2D eigenvalue weighted by Crippen LogP contribution is -1.47. The monoisotopic (exact) mass is 55.1 g/mol. The Labute approximate surface area is 27.2 Å². The molecule has 2 rings (SSSR count). The lowest BCUT2D eigenvalue weighted by atomic mass is 10.5. The van der Waals surface area contributed by atoms with E-state index in [9.17, 15) is 0 Å². The van der Waals surface area contributed by atoms with Crippen molar-refractivity contribution in [3.8, 4) is 0 Å². The van der Waals surface area contributed by atoms with Crippen molar-refractivity contribution < 1.29 is 1.37 Å². The molecule has 22 valence electrons. The Morgan fingerprint density at radius 3 is 2.00 bits per heavy atom. The minimum atomic E-state index is 0.167. The Kier molecular flexibility index (Phi) is 0.0469. The summed E-state index contributed by atoms with van der Waals surface area (Å²) in [6, 6.07) is 0. The minimum Gasteiger partial charge on any atom is -0.0470 e. The molecule has 0 spiro atoms. The number of rotatable bonds is 0. The van der Waals surface area contributed by atoms with Gasteiger partial charge in [-0.25, -0.2) is 0 Å². The lowest BCUT2D eigenvalue weighted by molar-refractivity contribution is 0.915. The molecule has 4 heavy (non-hydrogen) atoms. The topological polar surface area (TPSA) is 0 Å². The second kappa shape index (κ2) is 0.188. The molecular weight excluding hydrogens is 48.0 g/mol. The Balaban J connectivity index is 2.37. The van der Waals surface area contributed by atoms with E-state index in [4.69, 9.17) is 1.37 Å². The number of hydrogen-bond donors (Lipinski definition) is 0. The highest BCUT2D eigenvalue weighted by atomic mass is 14.6. The molecule has 0 heteroatoms. The molecule has 2 saturated carbocycles. The first-order valence-corrected chi connectivity index (χ1v) is 1.81. The van der Waals surface area contributed by atoms with Crippen LogP contribution >= 0.6 is 0 Å². The Bertz CT molecular complexity index is 71.7. The van der Waals surface area contributed by atoms with Gasteiger partial charge in [-0.2, -0.15) is 0 Å². The van der Waals surface area contributed by atoms with Crippen molar-refractivity contribution >= 4 is 0 Å². The molecule has 2 fully saturated rings. The van der Waals surface area contributed by atoms with Crippen LogP contribution < -0.4 is 0 Å². The van der Waals surface area contributed by atoms with Crippen LogP contribution in [0.1, 0.15) is 14.2 Å². The van der Waals surface area contributed by atoms with Gasteiger partial charge in [-0.1, -0.05) is 0 Å². The van der Waals surface area contributed by atoms with Crippen molar-refractivity contribution in [1.82, 2.24) is 0 Å². The van der Waals surface area contributed by atoms with Crippen molar-refractivity contribution in [1.29, 1.82) is 0 Å². The van der Waals surface area contributed by atoms with Gasteiger partial charge in [-0.15, -0.1) is 0 Å². The van der Waals surface area contributed by atoms with Gasteiger partial charge in [0, 0.05) is 1.37 Å². The molecule has 0 N–H and O–H groups in total. The molecule has 0 amide bonds. The van der Waals surface area contributed by atoms with Gasteiger partial charge in [0.15, 0.2) is 0 Å². The molecule has 0 aromatic heterocycles. The maximum absolute atomic E-state index is 7.12. The highest BCUT2D eigenvalue weighted by molar-refractivity contribution is 5.02. The molecule has 2 aliphatic carbocycles. The molecule has 2 aliphatic rings. The van der Waals surface area contributed by atoms with Gasteiger partial charge in [0.2, 0.25) is 0 Å². The third-order valence-corrected chi connectivity index (χ3v) is 1.27. The fraction of sp³-hybridized carbons (Fsp3) is 1.00. The van der Waals surface area contributed by atoms with E-state index in [2.05, 4.69) is 0 Å². The largest absolute Gasteiger partial charge is 0.0470 e. The fourth-order valence-corrected chi connectivity index (χ4v) is 0.455. The summed E-state index contributed by atoms with van der Waals surface area (Å²) in [5.74, 6) is 1.03. The standard InChI is InChI=1S/C4H6/c1-3-2-4(1)3/h3-4H,1-2H2/i3D. The predicted octanol–water partition coefficient (Wildman–Crippen LogP) is 1.03. The third-order valence-electron chi connectivity index (χ3n) is 1.27. The van der Waals surface area contributed by atoms with Gasteiger partial charge < -0.3 is 0 Å². The zero-order chi connectivity index (χ0) is 3.49. The molecule has 0 aromatic carbocycles. The van der Waals surface area contributed by atoms with Gasteiger partial charge in [0.1, 0.15) is 0 Å². The molecule has 0 nitrogen and oxygen atoms in total. The summed E-state index contributed by atoms with van der Waals surface area (Å²) in [4.78, 5) is 0. The Morgan fingerprint density at radius 1 is 1.75 bits per heavy atom. The zero-order valence-corrected chi connectivity index (χ0v) is 2.49. The van der Waals surface area contributed by atoms with Crippen LogP contribution in [-0.2, 0) is 0 Å². The quantitative estimate of drug-likeness (QED) is 0.388. The van der Waals surface area contributed by atoms with Gasteiger partial charge in [0.05, 0.1) is 0 Å². The first-order valence-electron chi connectivity index (χ1n) is 2.31. The van der Waals surface area contributed by atoms with Crippen LogP contribution in [0.3, 0.4) is 0 Å². The van der Waals surface area contributed by atoms with Crippen LogP contribution in [0.15, 0.2) is 0 Å². The number of fused-ring (bicyclic) bond motifs is 1. The van der Waals surface area contributed by atoms with Crippen LogP contribution in [0.25, 0.3) is 0 Å². The summed E-state index contributed by atoms with van der Waals surface area (Å²) in [6.45, 7) is 0. The highest BCUT2D eigenvalue weighted by Gasteiger charge is 2.52. The van der Waals surface area contributed by atoms with E-state index in [1.165, 1.54) is 12.8 Å². The maximum atomic E-state index is 7.12. The van der Waals surface area contributed by atoms with Gasteiger partial charge in [-0.3, -0.25) is 0 Å². The SMILES string of the molecule is [2H]C12CC1C2. The summed E-state index contributed by atoms with van der Waals surface area (Å²) >= 11 is 0. The third kappa shape index (κ3) is 0.0312. The van der Waals surface area contributed by atoms with E-state index >= 15 is 0 Å². The maximum Gasteiger partial charge on any atom is 0.0306 e. The van der Waals surface area contributed by atoms with E-state index in [0.717, 1.165) is 5.92 Å². The van der Waals surface area contributed by atoms with E-state index in [-0.39, 0.29) is 5.89 Å². The van der Waals surface area contributed by atoms with Crippen LogP contribution in [0.2, 0.25) is 0 Å². The smallest absolute Gasteiger partial charge is 0.0306 e. The summed E-state index contributed by atoms with van der Waals surface area (Å²) in [6.07, 6.45) is 2.43. The predicted molar refractivity (Wildman–Crippen MR) is 16.2 cm³/mol.